The van der Waals surface area contributed by atoms with Crippen LogP contribution in [0.4, 0.5) is 0 Å². The molecule has 2 nitrogen and oxygen atoms in total. The molecule has 0 aliphatic carbocycles. The number of Topliss-reactive ketones (excluding diaryl/α,β-unsaturated/α-hetero) is 2. The highest BCUT2D eigenvalue weighted by Crippen LogP contribution is 2.19. The van der Waals surface area contributed by atoms with Crippen molar-refractivity contribution in [3.63, 3.8) is 0 Å². The minimum Gasteiger partial charge on any atom is -0.294 e. The van der Waals surface area contributed by atoms with Crippen molar-refractivity contribution < 1.29 is 9.59 Å². The van der Waals surface area contributed by atoms with Crippen LogP contribution in [-0.4, -0.2) is 11.6 Å². The summed E-state index contributed by atoms with van der Waals surface area (Å²) in [6, 6.07) is 26.3. The largest absolute Gasteiger partial charge is 0.294 e. The Labute approximate surface area is 160 Å². The van der Waals surface area contributed by atoms with E-state index in [4.69, 9.17) is 0 Å². The van der Waals surface area contributed by atoms with Gasteiger partial charge in [-0.3, -0.25) is 9.59 Å². The lowest BCUT2D eigenvalue weighted by molar-refractivity contribution is 0.0879. The molecule has 0 fully saturated rings. The SMILES string of the molecule is Cc1ccc(C=CC(CC(=O)c2ccccc2)C(=O)c2ccccc2)cc1. The van der Waals surface area contributed by atoms with Crippen LogP contribution in [0.3, 0.4) is 0 Å². The number of carbonyl (C=O) groups excluding carboxylic acids is 2. The number of aryl methyl sites for hydroxylation is 1. The van der Waals surface area contributed by atoms with E-state index in [1.807, 2.05) is 79.7 Å². The molecule has 3 rings (SSSR count). The zero-order valence-corrected chi connectivity index (χ0v) is 15.3. The van der Waals surface area contributed by atoms with E-state index in [2.05, 4.69) is 0 Å². The fourth-order valence-electron chi connectivity index (χ4n) is 2.91. The van der Waals surface area contributed by atoms with Crippen LogP contribution in [0.25, 0.3) is 6.08 Å². The predicted octanol–water partition coefficient (Wildman–Crippen LogP) is 5.78. The molecule has 1 unspecified atom stereocenters. The fraction of sp³-hybridized carbons (Fsp3) is 0.120. The van der Waals surface area contributed by atoms with Crippen molar-refractivity contribution >= 4 is 17.6 Å². The molecule has 0 amide bonds. The van der Waals surface area contributed by atoms with Crippen LogP contribution in [0.5, 0.6) is 0 Å². The number of hydrogen-bond acceptors (Lipinski definition) is 2. The Hall–Kier alpha value is -3.26. The van der Waals surface area contributed by atoms with Gasteiger partial charge in [0.15, 0.2) is 11.6 Å². The summed E-state index contributed by atoms with van der Waals surface area (Å²) in [7, 11) is 0. The molecule has 0 aliphatic heterocycles. The lowest BCUT2D eigenvalue weighted by Gasteiger charge is -2.12. The predicted molar refractivity (Wildman–Crippen MR) is 110 cm³/mol. The maximum absolute atomic E-state index is 13.0. The van der Waals surface area contributed by atoms with E-state index in [0.717, 1.165) is 5.56 Å². The van der Waals surface area contributed by atoms with E-state index >= 15 is 0 Å². The van der Waals surface area contributed by atoms with Crippen molar-refractivity contribution in [2.75, 3.05) is 0 Å². The van der Waals surface area contributed by atoms with Gasteiger partial charge in [-0.15, -0.1) is 0 Å². The van der Waals surface area contributed by atoms with Crippen LogP contribution in [-0.2, 0) is 0 Å². The number of ketones is 2. The highest BCUT2D eigenvalue weighted by molar-refractivity contribution is 6.04. The van der Waals surface area contributed by atoms with Crippen molar-refractivity contribution in [1.29, 1.82) is 0 Å². The Morgan fingerprint density at radius 1 is 0.778 bits per heavy atom. The minimum atomic E-state index is -0.499. The summed E-state index contributed by atoms with van der Waals surface area (Å²) in [4.78, 5) is 25.6. The van der Waals surface area contributed by atoms with Gasteiger partial charge in [-0.1, -0.05) is 103 Å². The quantitative estimate of drug-likeness (QED) is 0.504. The molecule has 0 saturated heterocycles. The second kappa shape index (κ2) is 8.91. The average Bonchev–Trinajstić information content (AvgIpc) is 2.73. The van der Waals surface area contributed by atoms with Gasteiger partial charge in [0.05, 0.1) is 0 Å². The van der Waals surface area contributed by atoms with E-state index < -0.39 is 5.92 Å². The van der Waals surface area contributed by atoms with Gasteiger partial charge < -0.3 is 0 Å². The molecule has 0 saturated carbocycles. The third-order valence-corrected chi connectivity index (χ3v) is 4.49. The molecule has 0 bridgehead atoms. The summed E-state index contributed by atoms with van der Waals surface area (Å²) in [5.74, 6) is -0.567. The Kier molecular flexibility index (Phi) is 6.11. The fourth-order valence-corrected chi connectivity index (χ4v) is 2.91. The maximum Gasteiger partial charge on any atom is 0.170 e. The summed E-state index contributed by atoms with van der Waals surface area (Å²) in [5.41, 5.74) is 3.45. The molecule has 1 atom stereocenters. The second-order valence-electron chi connectivity index (χ2n) is 6.60. The average molecular weight is 354 g/mol. The Morgan fingerprint density at radius 3 is 1.93 bits per heavy atom. The van der Waals surface area contributed by atoms with Crippen LogP contribution in [0.15, 0.2) is 91.0 Å². The normalized spacial score (nSPS) is 12.0. The molecule has 27 heavy (non-hydrogen) atoms. The van der Waals surface area contributed by atoms with Gasteiger partial charge in [0.25, 0.3) is 0 Å². The minimum absolute atomic E-state index is 0.0292. The number of carbonyl (C=O) groups is 2. The highest BCUT2D eigenvalue weighted by Gasteiger charge is 2.21. The topological polar surface area (TPSA) is 34.1 Å². The summed E-state index contributed by atoms with van der Waals surface area (Å²) < 4.78 is 0. The first kappa shape index (κ1) is 18.5. The van der Waals surface area contributed by atoms with Gasteiger partial charge in [-0.25, -0.2) is 0 Å². The summed E-state index contributed by atoms with van der Waals surface area (Å²) in [6.45, 7) is 2.04. The number of rotatable bonds is 7. The first-order chi connectivity index (χ1) is 13.1. The van der Waals surface area contributed by atoms with Gasteiger partial charge in [0.1, 0.15) is 0 Å². The highest BCUT2D eigenvalue weighted by atomic mass is 16.1. The van der Waals surface area contributed by atoms with Crippen molar-refractivity contribution in [2.45, 2.75) is 13.3 Å². The van der Waals surface area contributed by atoms with Gasteiger partial charge in [0, 0.05) is 23.5 Å². The van der Waals surface area contributed by atoms with Gasteiger partial charge in [0.2, 0.25) is 0 Å². The zero-order valence-electron chi connectivity index (χ0n) is 15.3. The number of hydrogen-bond donors (Lipinski definition) is 0. The Bertz CT molecular complexity index is 923. The van der Waals surface area contributed by atoms with Crippen molar-refractivity contribution in [3.05, 3.63) is 113 Å². The third kappa shape index (κ3) is 5.11. The zero-order chi connectivity index (χ0) is 19.1. The molecule has 0 aromatic heterocycles. The standard InChI is InChI=1S/C25H22O2/c1-19-12-14-20(15-13-19)16-17-23(25(27)22-10-6-3-7-11-22)18-24(26)21-8-4-2-5-9-21/h2-17,23H,18H2,1H3. The molecule has 0 N–H and O–H groups in total. The van der Waals surface area contributed by atoms with Crippen molar-refractivity contribution in [2.24, 2.45) is 5.92 Å². The van der Waals surface area contributed by atoms with Gasteiger partial charge in [-0.2, -0.15) is 0 Å². The monoisotopic (exact) mass is 354 g/mol. The summed E-state index contributed by atoms with van der Waals surface area (Å²) in [6.07, 6.45) is 3.92. The lowest BCUT2D eigenvalue weighted by atomic mass is 9.90. The van der Waals surface area contributed by atoms with E-state index in [1.54, 1.807) is 24.3 Å². The molecule has 3 aromatic rings. The molecule has 2 heteroatoms. The molecule has 0 spiro atoms. The van der Waals surface area contributed by atoms with E-state index in [9.17, 15) is 9.59 Å². The van der Waals surface area contributed by atoms with Crippen LogP contribution >= 0.6 is 0 Å². The second-order valence-corrected chi connectivity index (χ2v) is 6.60. The van der Waals surface area contributed by atoms with Crippen molar-refractivity contribution in [1.82, 2.24) is 0 Å². The molecular formula is C25H22O2. The number of benzene rings is 3. The molecule has 134 valence electrons. The Morgan fingerprint density at radius 2 is 1.33 bits per heavy atom. The van der Waals surface area contributed by atoms with Crippen LogP contribution in [0.2, 0.25) is 0 Å². The number of allylic oxidation sites excluding steroid dienone is 1. The van der Waals surface area contributed by atoms with Gasteiger partial charge >= 0.3 is 0 Å². The van der Waals surface area contributed by atoms with Crippen LogP contribution < -0.4 is 0 Å². The summed E-state index contributed by atoms with van der Waals surface area (Å²) >= 11 is 0. The molecule has 0 heterocycles. The van der Waals surface area contributed by atoms with Gasteiger partial charge in [-0.05, 0) is 12.5 Å². The Balaban J connectivity index is 1.85. The van der Waals surface area contributed by atoms with E-state index in [0.29, 0.717) is 11.1 Å². The summed E-state index contributed by atoms with van der Waals surface area (Å²) in [5, 5.41) is 0. The molecule has 3 aromatic carbocycles. The van der Waals surface area contributed by atoms with E-state index in [-0.39, 0.29) is 18.0 Å². The molecular weight excluding hydrogens is 332 g/mol. The molecule has 0 aliphatic rings. The lowest BCUT2D eigenvalue weighted by Crippen LogP contribution is -2.17. The van der Waals surface area contributed by atoms with Crippen LogP contribution in [0, 0.1) is 12.8 Å². The third-order valence-electron chi connectivity index (χ3n) is 4.49. The van der Waals surface area contributed by atoms with Crippen molar-refractivity contribution in [3.8, 4) is 0 Å². The van der Waals surface area contributed by atoms with Crippen LogP contribution in [0.1, 0.15) is 38.3 Å². The smallest absolute Gasteiger partial charge is 0.170 e. The van der Waals surface area contributed by atoms with E-state index in [1.165, 1.54) is 5.56 Å². The first-order valence-electron chi connectivity index (χ1n) is 9.06. The molecule has 0 radical (unpaired) electrons. The maximum atomic E-state index is 13.0. The first-order valence-corrected chi connectivity index (χ1v) is 9.06.